The fourth-order valence-corrected chi connectivity index (χ4v) is 3.13. The van der Waals surface area contributed by atoms with Gasteiger partial charge in [0.25, 0.3) is 0 Å². The molecule has 0 saturated heterocycles. The molecule has 0 aliphatic rings. The van der Waals surface area contributed by atoms with E-state index >= 15 is 0 Å². The van der Waals surface area contributed by atoms with Crippen molar-refractivity contribution in [3.8, 4) is 0 Å². The van der Waals surface area contributed by atoms with Crippen molar-refractivity contribution in [2.24, 2.45) is 0 Å². The van der Waals surface area contributed by atoms with Gasteiger partial charge in [0, 0.05) is 11.5 Å². The number of carbonyl (C=O) groups excluding carboxylic acids is 2. The Bertz CT molecular complexity index is 852. The first-order chi connectivity index (χ1) is 11.2. The Morgan fingerprint density at radius 3 is 2.48 bits per heavy atom. The van der Waals surface area contributed by atoms with Crippen molar-refractivity contribution in [3.63, 3.8) is 0 Å². The molecule has 2 heterocycles. The summed E-state index contributed by atoms with van der Waals surface area (Å²) in [7, 11) is 0. The molecule has 0 unspecified atom stereocenters. The molecular weight excluding hydrogens is 318 g/mol. The lowest BCUT2D eigenvalue weighted by molar-refractivity contribution is -0.157. The van der Waals surface area contributed by atoms with Crippen LogP contribution in [0.15, 0.2) is 24.3 Å². The molecule has 0 N–H and O–H groups in total. The van der Waals surface area contributed by atoms with Gasteiger partial charge in [-0.25, -0.2) is 4.98 Å². The second-order valence-corrected chi connectivity index (χ2v) is 5.43. The number of benzene rings is 1. The lowest BCUT2D eigenvalue weighted by Crippen LogP contribution is -2.28. The van der Waals surface area contributed by atoms with Crippen molar-refractivity contribution in [3.05, 3.63) is 30.1 Å². The van der Waals surface area contributed by atoms with Gasteiger partial charge in [-0.2, -0.15) is 4.37 Å². The molecule has 23 heavy (non-hydrogen) atoms. The van der Waals surface area contributed by atoms with Crippen LogP contribution in [-0.2, 0) is 19.1 Å². The number of imidazole rings is 1. The number of carbonyl (C=O) groups is 2. The summed E-state index contributed by atoms with van der Waals surface area (Å²) in [5.74, 6) is -2.29. The highest BCUT2D eigenvalue weighted by atomic mass is 32.1. The summed E-state index contributed by atoms with van der Waals surface area (Å²) in [5, 5.41) is 0. The maximum Gasteiger partial charge on any atom is 0.328 e. The smallest absolute Gasteiger partial charge is 0.328 e. The van der Waals surface area contributed by atoms with Crippen LogP contribution in [0.2, 0.25) is 0 Å². The summed E-state index contributed by atoms with van der Waals surface area (Å²) in [4.78, 5) is 29.6. The molecule has 0 radical (unpaired) electrons. The first kappa shape index (κ1) is 15.4. The number of esters is 2. The van der Waals surface area contributed by atoms with Gasteiger partial charge in [0.05, 0.1) is 24.2 Å². The average Bonchev–Trinajstić information content (AvgIpc) is 3.08. The highest BCUT2D eigenvalue weighted by Crippen LogP contribution is 2.27. The molecule has 1 aromatic carbocycles. The van der Waals surface area contributed by atoms with Crippen molar-refractivity contribution < 1.29 is 19.1 Å². The zero-order chi connectivity index (χ0) is 16.4. The molecule has 0 fully saturated rings. The predicted octanol–water partition coefficient (Wildman–Crippen LogP) is 2.15. The summed E-state index contributed by atoms with van der Waals surface area (Å²) in [6, 6.07) is 7.46. The standard InChI is InChI=1S/C15H15N3O4S/c1-3-21-13(19)11(14(20)22-4-2)12-17-23-15-16-9-7-5-6-8-10(9)18(12)15/h5-8,11H,3-4H2,1-2H3. The molecule has 0 aliphatic carbocycles. The van der Waals surface area contributed by atoms with Crippen molar-refractivity contribution in [2.45, 2.75) is 19.8 Å². The first-order valence-corrected chi connectivity index (χ1v) is 8.00. The van der Waals surface area contributed by atoms with E-state index in [-0.39, 0.29) is 19.0 Å². The summed E-state index contributed by atoms with van der Waals surface area (Å²) >= 11 is 1.13. The molecule has 8 heteroatoms. The van der Waals surface area contributed by atoms with E-state index in [2.05, 4.69) is 9.36 Å². The highest BCUT2D eigenvalue weighted by molar-refractivity contribution is 7.11. The molecule has 0 amide bonds. The predicted molar refractivity (Wildman–Crippen MR) is 84.4 cm³/mol. The van der Waals surface area contributed by atoms with E-state index in [1.165, 1.54) is 0 Å². The number of aromatic nitrogens is 3. The largest absolute Gasteiger partial charge is 0.465 e. The van der Waals surface area contributed by atoms with E-state index in [4.69, 9.17) is 9.47 Å². The fraction of sp³-hybridized carbons (Fsp3) is 0.333. The number of para-hydroxylation sites is 2. The van der Waals surface area contributed by atoms with Gasteiger partial charge in [-0.05, 0) is 26.0 Å². The quantitative estimate of drug-likeness (QED) is 0.525. The lowest BCUT2D eigenvalue weighted by atomic mass is 10.1. The maximum absolute atomic E-state index is 12.3. The minimum Gasteiger partial charge on any atom is -0.465 e. The zero-order valence-electron chi connectivity index (χ0n) is 12.7. The number of nitrogens with zero attached hydrogens (tertiary/aromatic N) is 3. The summed E-state index contributed by atoms with van der Waals surface area (Å²) in [5.41, 5.74) is 1.55. The molecule has 3 rings (SSSR count). The Hall–Kier alpha value is -2.48. The summed E-state index contributed by atoms with van der Waals surface area (Å²) in [6.45, 7) is 3.71. The summed E-state index contributed by atoms with van der Waals surface area (Å²) < 4.78 is 16.0. The van der Waals surface area contributed by atoms with Gasteiger partial charge in [-0.1, -0.05) is 12.1 Å². The topological polar surface area (TPSA) is 82.8 Å². The van der Waals surface area contributed by atoms with Crippen LogP contribution >= 0.6 is 11.5 Å². The van der Waals surface area contributed by atoms with Crippen LogP contribution in [0.25, 0.3) is 16.0 Å². The third-order valence-electron chi connectivity index (χ3n) is 3.28. The van der Waals surface area contributed by atoms with Gasteiger partial charge in [0.2, 0.25) is 10.9 Å². The minimum atomic E-state index is -1.22. The van der Waals surface area contributed by atoms with Gasteiger partial charge < -0.3 is 9.47 Å². The van der Waals surface area contributed by atoms with Crippen LogP contribution in [0.5, 0.6) is 0 Å². The van der Waals surface area contributed by atoms with Crippen LogP contribution in [0.1, 0.15) is 25.6 Å². The van der Waals surface area contributed by atoms with Gasteiger partial charge >= 0.3 is 11.9 Å². The number of hydrogen-bond acceptors (Lipinski definition) is 7. The summed E-state index contributed by atoms with van der Waals surface area (Å²) in [6.07, 6.45) is 0. The van der Waals surface area contributed by atoms with E-state index in [9.17, 15) is 9.59 Å². The molecule has 0 bridgehead atoms. The van der Waals surface area contributed by atoms with Gasteiger partial charge in [0.1, 0.15) is 0 Å². The second-order valence-electron chi connectivity index (χ2n) is 4.70. The lowest BCUT2D eigenvalue weighted by Gasteiger charge is -2.12. The Morgan fingerprint density at radius 2 is 1.83 bits per heavy atom. The monoisotopic (exact) mass is 333 g/mol. The first-order valence-electron chi connectivity index (χ1n) is 7.23. The molecule has 3 aromatic rings. The molecule has 7 nitrogen and oxygen atoms in total. The molecule has 0 atom stereocenters. The van der Waals surface area contributed by atoms with E-state index in [0.717, 1.165) is 22.6 Å². The molecule has 0 aliphatic heterocycles. The van der Waals surface area contributed by atoms with Gasteiger partial charge in [-0.3, -0.25) is 14.0 Å². The normalized spacial score (nSPS) is 11.3. The highest BCUT2D eigenvalue weighted by Gasteiger charge is 2.36. The van der Waals surface area contributed by atoms with E-state index in [1.807, 2.05) is 24.3 Å². The third-order valence-corrected chi connectivity index (χ3v) is 4.00. The molecular formula is C15H15N3O4S. The fourth-order valence-electron chi connectivity index (χ4n) is 2.35. The second kappa shape index (κ2) is 6.33. The Balaban J connectivity index is 2.17. The molecule has 2 aromatic heterocycles. The Morgan fingerprint density at radius 1 is 1.17 bits per heavy atom. The number of ether oxygens (including phenoxy) is 2. The molecule has 0 spiro atoms. The zero-order valence-corrected chi connectivity index (χ0v) is 13.5. The van der Waals surface area contributed by atoms with E-state index < -0.39 is 17.9 Å². The van der Waals surface area contributed by atoms with Gasteiger partial charge in [-0.15, -0.1) is 0 Å². The van der Waals surface area contributed by atoms with Crippen molar-refractivity contribution in [1.29, 1.82) is 0 Å². The Kier molecular flexibility index (Phi) is 4.24. The maximum atomic E-state index is 12.3. The number of rotatable bonds is 5. The molecule has 0 saturated carbocycles. The van der Waals surface area contributed by atoms with Crippen molar-refractivity contribution in [2.75, 3.05) is 13.2 Å². The van der Waals surface area contributed by atoms with E-state index in [0.29, 0.717) is 4.96 Å². The third kappa shape index (κ3) is 2.65. The van der Waals surface area contributed by atoms with Crippen LogP contribution in [0, 0.1) is 0 Å². The van der Waals surface area contributed by atoms with Crippen LogP contribution in [0.4, 0.5) is 0 Å². The van der Waals surface area contributed by atoms with Crippen LogP contribution in [0.3, 0.4) is 0 Å². The minimum absolute atomic E-state index is 0.173. The van der Waals surface area contributed by atoms with Crippen LogP contribution in [-0.4, -0.2) is 38.9 Å². The van der Waals surface area contributed by atoms with Crippen LogP contribution < -0.4 is 0 Å². The molecule has 120 valence electrons. The van der Waals surface area contributed by atoms with Crippen molar-refractivity contribution in [1.82, 2.24) is 13.8 Å². The SMILES string of the molecule is CCOC(=O)C(C(=O)OCC)c1nsc2nc3ccccc3n12. The number of hydrogen-bond donors (Lipinski definition) is 0. The Labute approximate surface area is 136 Å². The van der Waals surface area contributed by atoms with Gasteiger partial charge in [0.15, 0.2) is 5.82 Å². The average molecular weight is 333 g/mol. The van der Waals surface area contributed by atoms with E-state index in [1.54, 1.807) is 18.2 Å². The number of fused-ring (bicyclic) bond motifs is 3. The van der Waals surface area contributed by atoms with Crippen molar-refractivity contribution >= 4 is 39.5 Å².